The molecule has 1 saturated heterocycles. The van der Waals surface area contributed by atoms with E-state index >= 15 is 0 Å². The van der Waals surface area contributed by atoms with E-state index in [0.29, 0.717) is 10.7 Å². The van der Waals surface area contributed by atoms with Gasteiger partial charge in [0.2, 0.25) is 0 Å². The van der Waals surface area contributed by atoms with Crippen molar-refractivity contribution < 1.29 is 30.8 Å². The highest BCUT2D eigenvalue weighted by atomic mass is 32.2. The summed E-state index contributed by atoms with van der Waals surface area (Å²) in [6, 6.07) is 7.06. The lowest BCUT2D eigenvalue weighted by molar-refractivity contribution is -0.137. The van der Waals surface area contributed by atoms with Crippen LogP contribution in [0.2, 0.25) is 0 Å². The molecule has 144 valence electrons. The zero-order chi connectivity index (χ0) is 19.8. The van der Waals surface area contributed by atoms with Crippen LogP contribution < -0.4 is 4.90 Å². The minimum absolute atomic E-state index is 0.0737. The third-order valence-electron chi connectivity index (χ3n) is 4.10. The maximum absolute atomic E-state index is 13.0. The Labute approximate surface area is 152 Å². The van der Waals surface area contributed by atoms with Crippen LogP contribution in [0.15, 0.2) is 53.4 Å². The van der Waals surface area contributed by atoms with E-state index in [1.165, 1.54) is 0 Å². The molecule has 1 aliphatic rings. The van der Waals surface area contributed by atoms with Gasteiger partial charge in [-0.2, -0.15) is 13.2 Å². The van der Waals surface area contributed by atoms with Crippen molar-refractivity contribution in [1.82, 2.24) is 4.31 Å². The first-order valence-electron chi connectivity index (χ1n) is 7.88. The first kappa shape index (κ1) is 19.2. The van der Waals surface area contributed by atoms with Crippen LogP contribution in [0.1, 0.15) is 12.0 Å². The molecule has 10 heteroatoms. The second kappa shape index (κ2) is 6.84. The lowest BCUT2D eigenvalue weighted by Crippen LogP contribution is -2.51. The molecule has 0 radical (unpaired) electrons. The summed E-state index contributed by atoms with van der Waals surface area (Å²) in [5.74, 6) is -0.620. The van der Waals surface area contributed by atoms with Gasteiger partial charge in [0.25, 0.3) is 10.0 Å². The van der Waals surface area contributed by atoms with Crippen LogP contribution in [-0.4, -0.2) is 31.8 Å². The highest BCUT2D eigenvalue weighted by Crippen LogP contribution is 2.31. The first-order chi connectivity index (χ1) is 12.6. The summed E-state index contributed by atoms with van der Waals surface area (Å²) < 4.78 is 77.1. The van der Waals surface area contributed by atoms with E-state index in [1.54, 1.807) is 0 Å². The fourth-order valence-electron chi connectivity index (χ4n) is 2.73. The topological polar surface area (TPSA) is 57.7 Å². The average molecular weight is 402 g/mol. The van der Waals surface area contributed by atoms with E-state index in [-0.39, 0.29) is 23.7 Å². The van der Waals surface area contributed by atoms with Crippen LogP contribution in [-0.2, 0) is 16.2 Å². The van der Waals surface area contributed by atoms with Gasteiger partial charge in [0.05, 0.1) is 10.5 Å². The number of nitrogens with zero attached hydrogens (tertiary/aromatic N) is 2. The molecular formula is C17H14F4N2O3S. The van der Waals surface area contributed by atoms with Crippen molar-refractivity contribution in [1.29, 1.82) is 0 Å². The molecule has 0 N–H and O–H groups in total. The summed E-state index contributed by atoms with van der Waals surface area (Å²) in [5, 5.41) is 0. The Bertz CT molecular complexity index is 942. The summed E-state index contributed by atoms with van der Waals surface area (Å²) in [6.45, 7) is 0.0926. The molecule has 5 nitrogen and oxygen atoms in total. The quantitative estimate of drug-likeness (QED) is 0.733. The molecule has 1 fully saturated rings. The van der Waals surface area contributed by atoms with Crippen LogP contribution in [0.4, 0.5) is 28.0 Å². The molecule has 1 heterocycles. The third kappa shape index (κ3) is 3.75. The third-order valence-corrected chi connectivity index (χ3v) is 5.88. The van der Waals surface area contributed by atoms with Gasteiger partial charge in [-0.25, -0.2) is 21.9 Å². The fourth-order valence-corrected chi connectivity index (χ4v) is 4.13. The van der Waals surface area contributed by atoms with E-state index in [2.05, 4.69) is 0 Å². The smallest absolute Gasteiger partial charge is 0.293 e. The fraction of sp³-hybridized carbons (Fsp3) is 0.235. The van der Waals surface area contributed by atoms with Crippen molar-refractivity contribution >= 4 is 21.7 Å². The molecule has 1 aliphatic heterocycles. The lowest BCUT2D eigenvalue weighted by Gasteiger charge is -2.34. The number of carbonyl (C=O) groups excluding carboxylic acids is 1. The van der Waals surface area contributed by atoms with Crippen LogP contribution in [0.5, 0.6) is 0 Å². The molecule has 2 amide bonds. The number of halogens is 4. The molecule has 2 aromatic rings. The second-order valence-corrected chi connectivity index (χ2v) is 7.73. The lowest BCUT2D eigenvalue weighted by atomic mass is 10.2. The van der Waals surface area contributed by atoms with E-state index in [9.17, 15) is 30.8 Å². The van der Waals surface area contributed by atoms with Gasteiger partial charge in [-0.05, 0) is 55.0 Å². The number of benzene rings is 2. The molecule has 0 bridgehead atoms. The van der Waals surface area contributed by atoms with Gasteiger partial charge in [-0.3, -0.25) is 4.90 Å². The molecule has 0 unspecified atom stereocenters. The number of sulfonamides is 1. The van der Waals surface area contributed by atoms with Gasteiger partial charge in [0, 0.05) is 18.8 Å². The van der Waals surface area contributed by atoms with E-state index in [4.69, 9.17) is 0 Å². The summed E-state index contributed by atoms with van der Waals surface area (Å²) in [5.41, 5.74) is -0.710. The number of urea groups is 1. The van der Waals surface area contributed by atoms with Crippen molar-refractivity contribution in [2.45, 2.75) is 17.5 Å². The Morgan fingerprint density at radius 3 is 2.04 bits per heavy atom. The predicted molar refractivity (Wildman–Crippen MR) is 89.1 cm³/mol. The van der Waals surface area contributed by atoms with E-state index < -0.39 is 33.6 Å². The number of hydrogen-bond acceptors (Lipinski definition) is 3. The largest absolute Gasteiger partial charge is 0.416 e. The number of amides is 2. The predicted octanol–water partition coefficient (Wildman–Crippen LogP) is 3.87. The van der Waals surface area contributed by atoms with Crippen LogP contribution in [0.3, 0.4) is 0 Å². The maximum Gasteiger partial charge on any atom is 0.416 e. The highest BCUT2D eigenvalue weighted by molar-refractivity contribution is 7.89. The van der Waals surface area contributed by atoms with Crippen molar-refractivity contribution in [3.05, 3.63) is 59.9 Å². The Morgan fingerprint density at radius 1 is 0.889 bits per heavy atom. The van der Waals surface area contributed by atoms with Gasteiger partial charge in [-0.15, -0.1) is 0 Å². The maximum atomic E-state index is 13.0. The molecule has 0 atom stereocenters. The standard InChI is InChI=1S/C17H14F4N2O3S/c18-13-4-8-15(9-5-13)27(25,26)23-11-1-10-22(16(23)24)14-6-2-12(3-7-14)17(19,20)21/h2-9H,1,10-11H2. The van der Waals surface area contributed by atoms with E-state index in [0.717, 1.165) is 53.4 Å². The summed E-state index contributed by atoms with van der Waals surface area (Å²) in [7, 11) is -4.20. The van der Waals surface area contributed by atoms with Crippen molar-refractivity contribution in [2.24, 2.45) is 0 Å². The SMILES string of the molecule is O=C1N(c2ccc(C(F)(F)F)cc2)CCCN1S(=O)(=O)c1ccc(F)cc1. The van der Waals surface area contributed by atoms with Gasteiger partial charge in [0.1, 0.15) is 5.82 Å². The van der Waals surface area contributed by atoms with Crippen LogP contribution in [0, 0.1) is 5.82 Å². The number of alkyl halides is 3. The molecule has 2 aromatic carbocycles. The highest BCUT2D eigenvalue weighted by Gasteiger charge is 2.36. The minimum atomic E-state index is -4.51. The van der Waals surface area contributed by atoms with Crippen molar-refractivity contribution in [2.75, 3.05) is 18.0 Å². The number of rotatable bonds is 3. The van der Waals surface area contributed by atoms with Gasteiger partial charge in [-0.1, -0.05) is 0 Å². The summed E-state index contributed by atoms with van der Waals surface area (Å²) in [6.07, 6.45) is -4.21. The van der Waals surface area contributed by atoms with Gasteiger partial charge >= 0.3 is 12.2 Å². The van der Waals surface area contributed by atoms with Crippen molar-refractivity contribution in [3.8, 4) is 0 Å². The molecule has 0 aliphatic carbocycles. The molecule has 0 aromatic heterocycles. The Balaban J connectivity index is 1.88. The molecule has 0 saturated carbocycles. The average Bonchev–Trinajstić information content (AvgIpc) is 2.61. The summed E-state index contributed by atoms with van der Waals surface area (Å²) >= 11 is 0. The van der Waals surface area contributed by atoms with Gasteiger partial charge < -0.3 is 0 Å². The zero-order valence-electron chi connectivity index (χ0n) is 13.8. The number of anilines is 1. The minimum Gasteiger partial charge on any atom is -0.293 e. The summed E-state index contributed by atoms with van der Waals surface area (Å²) in [4.78, 5) is 13.5. The van der Waals surface area contributed by atoms with Crippen LogP contribution >= 0.6 is 0 Å². The first-order valence-corrected chi connectivity index (χ1v) is 9.32. The Morgan fingerprint density at radius 2 is 1.48 bits per heavy atom. The molecule has 0 spiro atoms. The number of hydrogen-bond donors (Lipinski definition) is 0. The monoisotopic (exact) mass is 402 g/mol. The van der Waals surface area contributed by atoms with E-state index in [1.807, 2.05) is 0 Å². The number of carbonyl (C=O) groups is 1. The molecular weight excluding hydrogens is 388 g/mol. The van der Waals surface area contributed by atoms with Gasteiger partial charge in [0.15, 0.2) is 0 Å². The van der Waals surface area contributed by atoms with Crippen molar-refractivity contribution in [3.63, 3.8) is 0 Å². The zero-order valence-corrected chi connectivity index (χ0v) is 14.6. The normalized spacial score (nSPS) is 15.9. The molecule has 27 heavy (non-hydrogen) atoms. The van der Waals surface area contributed by atoms with Crippen LogP contribution in [0.25, 0.3) is 0 Å². The second-order valence-electron chi connectivity index (χ2n) is 5.86. The molecule has 3 rings (SSSR count). The Hall–Kier alpha value is -2.62. The Kier molecular flexibility index (Phi) is 4.85.